The van der Waals surface area contributed by atoms with Crippen molar-refractivity contribution in [1.82, 2.24) is 10.6 Å². The number of fused-ring (bicyclic) bond motifs is 2. The van der Waals surface area contributed by atoms with Gasteiger partial charge < -0.3 is 15.7 Å². The fourth-order valence-corrected chi connectivity index (χ4v) is 3.00. The Morgan fingerprint density at radius 1 is 1.41 bits per heavy atom. The average Bonchev–Trinajstić information content (AvgIpc) is 2.97. The van der Waals surface area contributed by atoms with Crippen LogP contribution < -0.4 is 10.6 Å². The smallest absolute Gasteiger partial charge is 0.224 e. The van der Waals surface area contributed by atoms with Crippen molar-refractivity contribution in [2.45, 2.75) is 63.6 Å². The van der Waals surface area contributed by atoms with Gasteiger partial charge in [-0.05, 0) is 32.1 Å². The summed E-state index contributed by atoms with van der Waals surface area (Å²) in [5.74, 6) is 0.233. The molecule has 0 aliphatic carbocycles. The number of amides is 1. The van der Waals surface area contributed by atoms with Crippen molar-refractivity contribution in [3.05, 3.63) is 0 Å². The second-order valence-corrected chi connectivity index (χ2v) is 5.54. The van der Waals surface area contributed by atoms with Gasteiger partial charge in [0, 0.05) is 18.6 Å². The van der Waals surface area contributed by atoms with Gasteiger partial charge in [0.15, 0.2) is 0 Å². The van der Waals surface area contributed by atoms with Crippen molar-refractivity contribution in [3.8, 4) is 0 Å². The van der Waals surface area contributed by atoms with Crippen LogP contribution in [0.15, 0.2) is 0 Å². The number of carbonyl (C=O) groups excluding carboxylic acids is 1. The zero-order valence-corrected chi connectivity index (χ0v) is 10.8. The molecule has 2 aliphatic heterocycles. The first-order valence-electron chi connectivity index (χ1n) is 6.84. The predicted molar refractivity (Wildman–Crippen MR) is 66.6 cm³/mol. The highest BCUT2D eigenvalue weighted by Gasteiger charge is 2.42. The molecule has 2 fully saturated rings. The zero-order valence-electron chi connectivity index (χ0n) is 10.8. The van der Waals surface area contributed by atoms with Gasteiger partial charge in [-0.3, -0.25) is 4.79 Å². The lowest BCUT2D eigenvalue weighted by molar-refractivity contribution is -0.126. The first-order valence-corrected chi connectivity index (χ1v) is 6.84. The van der Waals surface area contributed by atoms with Crippen LogP contribution in [0.4, 0.5) is 0 Å². The first-order chi connectivity index (χ1) is 8.08. The molecule has 0 aromatic heterocycles. The monoisotopic (exact) mass is 240 g/mol. The summed E-state index contributed by atoms with van der Waals surface area (Å²) in [6.07, 6.45) is 4.65. The van der Waals surface area contributed by atoms with Crippen LogP contribution in [-0.4, -0.2) is 35.2 Å². The molecule has 1 amide bonds. The van der Waals surface area contributed by atoms with Gasteiger partial charge in [-0.1, -0.05) is 13.8 Å². The van der Waals surface area contributed by atoms with Crippen molar-refractivity contribution in [2.75, 3.05) is 6.54 Å². The number of carbonyl (C=O) groups is 1. The van der Waals surface area contributed by atoms with Crippen LogP contribution in [0.2, 0.25) is 0 Å². The highest BCUT2D eigenvalue weighted by atomic mass is 16.3. The number of rotatable bonds is 5. The van der Waals surface area contributed by atoms with E-state index in [1.54, 1.807) is 0 Å². The Balaban J connectivity index is 1.82. The summed E-state index contributed by atoms with van der Waals surface area (Å²) < 4.78 is 0. The molecule has 2 heterocycles. The molecule has 98 valence electrons. The minimum atomic E-state index is -0.735. The molecule has 2 saturated heterocycles. The Hall–Kier alpha value is -0.610. The maximum absolute atomic E-state index is 12.1. The van der Waals surface area contributed by atoms with Crippen LogP contribution in [0.1, 0.15) is 46.0 Å². The molecule has 3 atom stereocenters. The summed E-state index contributed by atoms with van der Waals surface area (Å²) in [6.45, 7) is 4.29. The molecular weight excluding hydrogens is 216 g/mol. The molecule has 2 bridgehead atoms. The van der Waals surface area contributed by atoms with E-state index in [9.17, 15) is 9.90 Å². The summed E-state index contributed by atoms with van der Waals surface area (Å²) in [5.41, 5.74) is -0.735. The minimum absolute atomic E-state index is 0.116. The second kappa shape index (κ2) is 4.94. The Labute approximate surface area is 103 Å². The van der Waals surface area contributed by atoms with E-state index in [-0.39, 0.29) is 11.8 Å². The molecule has 0 saturated carbocycles. The third-order valence-electron chi connectivity index (χ3n) is 4.54. The summed E-state index contributed by atoms with van der Waals surface area (Å²) in [4.78, 5) is 12.1. The van der Waals surface area contributed by atoms with Crippen LogP contribution in [0.5, 0.6) is 0 Å². The van der Waals surface area contributed by atoms with Gasteiger partial charge in [0.25, 0.3) is 0 Å². The minimum Gasteiger partial charge on any atom is -0.388 e. The Morgan fingerprint density at radius 3 is 2.59 bits per heavy atom. The van der Waals surface area contributed by atoms with E-state index in [1.807, 2.05) is 13.8 Å². The van der Waals surface area contributed by atoms with E-state index in [4.69, 9.17) is 0 Å². The Bertz CT molecular complexity index is 289. The molecule has 3 N–H and O–H groups in total. The number of hydrogen-bond acceptors (Lipinski definition) is 3. The number of hydrogen-bond donors (Lipinski definition) is 3. The first kappa shape index (κ1) is 12.8. The molecule has 3 unspecified atom stereocenters. The standard InChI is InChI=1S/C13H24N2O2/c1-3-13(17,4-2)8-14-12(16)10-7-9-5-6-11(10)15-9/h9-11,15,17H,3-8H2,1-2H3,(H,14,16). The summed E-state index contributed by atoms with van der Waals surface area (Å²) in [5, 5.41) is 16.5. The molecule has 0 radical (unpaired) electrons. The average molecular weight is 240 g/mol. The number of aliphatic hydroxyl groups is 1. The normalized spacial score (nSPS) is 31.8. The van der Waals surface area contributed by atoms with Crippen LogP contribution >= 0.6 is 0 Å². The van der Waals surface area contributed by atoms with Crippen molar-refractivity contribution >= 4 is 5.91 Å². The molecule has 2 aliphatic rings. The SMILES string of the molecule is CCC(O)(CC)CNC(=O)C1CC2CCC1N2. The van der Waals surface area contributed by atoms with Crippen LogP contribution in [-0.2, 0) is 4.79 Å². The molecule has 4 heteroatoms. The molecule has 0 aromatic carbocycles. The van der Waals surface area contributed by atoms with E-state index < -0.39 is 5.60 Å². The van der Waals surface area contributed by atoms with Gasteiger partial charge >= 0.3 is 0 Å². The Kier molecular flexibility index (Phi) is 3.73. The molecule has 2 rings (SSSR count). The van der Waals surface area contributed by atoms with E-state index >= 15 is 0 Å². The summed E-state index contributed by atoms with van der Waals surface area (Å²) in [7, 11) is 0. The van der Waals surface area contributed by atoms with Crippen molar-refractivity contribution in [2.24, 2.45) is 5.92 Å². The van der Waals surface area contributed by atoms with Crippen molar-refractivity contribution in [1.29, 1.82) is 0 Å². The Morgan fingerprint density at radius 2 is 2.12 bits per heavy atom. The van der Waals surface area contributed by atoms with Crippen LogP contribution in [0.25, 0.3) is 0 Å². The quantitative estimate of drug-likeness (QED) is 0.666. The second-order valence-electron chi connectivity index (χ2n) is 5.54. The van der Waals surface area contributed by atoms with E-state index in [1.165, 1.54) is 6.42 Å². The van der Waals surface area contributed by atoms with Gasteiger partial charge in [0.1, 0.15) is 0 Å². The van der Waals surface area contributed by atoms with Gasteiger partial charge in [0.05, 0.1) is 11.5 Å². The summed E-state index contributed by atoms with van der Waals surface area (Å²) >= 11 is 0. The lowest BCUT2D eigenvalue weighted by Crippen LogP contribution is -2.46. The lowest BCUT2D eigenvalue weighted by atomic mass is 9.88. The fraction of sp³-hybridized carbons (Fsp3) is 0.923. The van der Waals surface area contributed by atoms with Gasteiger partial charge in [-0.2, -0.15) is 0 Å². The van der Waals surface area contributed by atoms with Crippen LogP contribution in [0, 0.1) is 5.92 Å². The zero-order chi connectivity index (χ0) is 12.5. The van der Waals surface area contributed by atoms with E-state index in [0.29, 0.717) is 31.5 Å². The predicted octanol–water partition coefficient (Wildman–Crippen LogP) is 0.794. The van der Waals surface area contributed by atoms with Crippen molar-refractivity contribution < 1.29 is 9.90 Å². The molecular formula is C13H24N2O2. The molecule has 0 spiro atoms. The van der Waals surface area contributed by atoms with Crippen LogP contribution in [0.3, 0.4) is 0 Å². The third-order valence-corrected chi connectivity index (χ3v) is 4.54. The van der Waals surface area contributed by atoms with Gasteiger partial charge in [-0.15, -0.1) is 0 Å². The topological polar surface area (TPSA) is 61.4 Å². The highest BCUT2D eigenvalue weighted by Crippen LogP contribution is 2.33. The highest BCUT2D eigenvalue weighted by molar-refractivity contribution is 5.80. The third kappa shape index (κ3) is 2.63. The molecule has 0 aromatic rings. The van der Waals surface area contributed by atoms with E-state index in [0.717, 1.165) is 12.8 Å². The number of nitrogens with one attached hydrogen (secondary N) is 2. The van der Waals surface area contributed by atoms with E-state index in [2.05, 4.69) is 10.6 Å². The molecule has 17 heavy (non-hydrogen) atoms. The maximum Gasteiger partial charge on any atom is 0.224 e. The largest absolute Gasteiger partial charge is 0.388 e. The lowest BCUT2D eigenvalue weighted by Gasteiger charge is -2.27. The fourth-order valence-electron chi connectivity index (χ4n) is 3.00. The van der Waals surface area contributed by atoms with Gasteiger partial charge in [-0.25, -0.2) is 0 Å². The van der Waals surface area contributed by atoms with Crippen molar-refractivity contribution in [3.63, 3.8) is 0 Å². The summed E-state index contributed by atoms with van der Waals surface area (Å²) in [6, 6.07) is 0.920. The maximum atomic E-state index is 12.1. The molecule has 4 nitrogen and oxygen atoms in total. The van der Waals surface area contributed by atoms with Gasteiger partial charge in [0.2, 0.25) is 5.91 Å².